The van der Waals surface area contributed by atoms with E-state index in [0.717, 1.165) is 22.4 Å². The predicted octanol–water partition coefficient (Wildman–Crippen LogP) is 4.49. The van der Waals surface area contributed by atoms with Crippen molar-refractivity contribution >= 4 is 79.4 Å². The Hall–Kier alpha value is -6.28. The summed E-state index contributed by atoms with van der Waals surface area (Å²) in [5.41, 5.74) is 11.1. The molecule has 5 aromatic rings. The van der Waals surface area contributed by atoms with Crippen molar-refractivity contribution in [2.45, 2.75) is 18.5 Å². The van der Waals surface area contributed by atoms with E-state index in [1.807, 2.05) is 66.0 Å². The number of nitrogens with zero attached hydrogens (tertiary/aromatic N) is 5. The lowest BCUT2D eigenvalue weighted by atomic mass is 10.0. The molecule has 0 saturated heterocycles. The number of carbonyl (C=O) groups excluding carboxylic acids is 2. The molecule has 6 rings (SSSR count). The largest absolute Gasteiger partial charge is 0.425 e. The van der Waals surface area contributed by atoms with Gasteiger partial charge in [0.25, 0.3) is 16.1 Å². The normalized spacial score (nSPS) is 14.6. The van der Waals surface area contributed by atoms with Crippen LogP contribution in [-0.2, 0) is 27.3 Å². The van der Waals surface area contributed by atoms with E-state index >= 15 is 0 Å². The van der Waals surface area contributed by atoms with Crippen molar-refractivity contribution in [1.82, 2.24) is 15.0 Å². The van der Waals surface area contributed by atoms with Gasteiger partial charge in [-0.05, 0) is 35.9 Å². The van der Waals surface area contributed by atoms with Gasteiger partial charge in [-0.15, -0.1) is 11.3 Å². The molecule has 0 bridgehead atoms. The van der Waals surface area contributed by atoms with E-state index in [4.69, 9.17) is 20.6 Å². The van der Waals surface area contributed by atoms with Crippen molar-refractivity contribution < 1.29 is 22.7 Å². The lowest BCUT2D eigenvalue weighted by Gasteiger charge is -2.21. The molecule has 2 heterocycles. The number of amidine groups is 1. The smallest absolute Gasteiger partial charge is 0.321 e. The zero-order chi connectivity index (χ0) is 40.2. The maximum atomic E-state index is 13.5. The van der Waals surface area contributed by atoms with Gasteiger partial charge in [-0.1, -0.05) is 78.9 Å². The number of aliphatic imine (C=N–C) groups is 3. The van der Waals surface area contributed by atoms with Crippen molar-refractivity contribution in [3.05, 3.63) is 137 Å². The second-order valence-corrected chi connectivity index (χ2v) is 15.5. The first-order valence-electron chi connectivity index (χ1n) is 17.3. The van der Waals surface area contributed by atoms with Gasteiger partial charge in [0, 0.05) is 40.7 Å². The lowest BCUT2D eigenvalue weighted by Crippen LogP contribution is -2.47. The highest BCUT2D eigenvalue weighted by molar-refractivity contribution is 7.98. The summed E-state index contributed by atoms with van der Waals surface area (Å²) in [4.78, 5) is 46.1. The summed E-state index contributed by atoms with van der Waals surface area (Å²) >= 11 is 2.92. The number of para-hydroxylation sites is 2. The first-order valence-corrected chi connectivity index (χ1v) is 20.9. The summed E-state index contributed by atoms with van der Waals surface area (Å²) in [5.74, 6) is 1.32. The van der Waals surface area contributed by atoms with Gasteiger partial charge in [-0.2, -0.15) is 20.2 Å². The highest BCUT2D eigenvalue weighted by Crippen LogP contribution is 2.27. The number of carbonyl (C=O) groups is 2. The Morgan fingerprint density at radius 3 is 2.47 bits per heavy atom. The van der Waals surface area contributed by atoms with Gasteiger partial charge in [0.05, 0.1) is 30.2 Å². The highest BCUT2D eigenvalue weighted by Gasteiger charge is 2.31. The van der Waals surface area contributed by atoms with E-state index in [9.17, 15) is 18.0 Å². The van der Waals surface area contributed by atoms with Crippen LogP contribution in [0.1, 0.15) is 22.4 Å². The lowest BCUT2D eigenvalue weighted by molar-refractivity contribution is -0.119. The molecule has 1 atom stereocenters. The second-order valence-electron chi connectivity index (χ2n) is 12.2. The number of likely N-dealkylation sites (N-methyl/N-ethyl adjacent to an activating group) is 1. The van der Waals surface area contributed by atoms with Gasteiger partial charge in [0.15, 0.2) is 11.1 Å². The molecule has 0 radical (unpaired) electrons. The van der Waals surface area contributed by atoms with Crippen molar-refractivity contribution in [3.63, 3.8) is 0 Å². The van der Waals surface area contributed by atoms with Crippen molar-refractivity contribution in [2.24, 2.45) is 25.8 Å². The van der Waals surface area contributed by atoms with E-state index in [1.165, 1.54) is 16.2 Å². The third-order valence-electron chi connectivity index (χ3n) is 7.99. The van der Waals surface area contributed by atoms with Crippen LogP contribution in [0.4, 0.5) is 21.3 Å². The van der Waals surface area contributed by atoms with Crippen molar-refractivity contribution in [1.29, 1.82) is 0 Å². The monoisotopic (exact) mass is 825 g/mol. The van der Waals surface area contributed by atoms with Crippen molar-refractivity contribution in [2.75, 3.05) is 34.9 Å². The summed E-state index contributed by atoms with van der Waals surface area (Å²) < 4.78 is 30.7. The Bertz CT molecular complexity index is 2390. The maximum Gasteiger partial charge on any atom is 0.321 e. The molecular weight excluding hydrogens is 787 g/mol. The number of anilines is 3. The van der Waals surface area contributed by atoms with Crippen LogP contribution in [0.2, 0.25) is 0 Å². The average molecular weight is 826 g/mol. The third kappa shape index (κ3) is 11.9. The average Bonchev–Trinajstić information content (AvgIpc) is 3.61. The number of benzodiazepines with no additional fused rings is 1. The topological polar surface area (TPSA) is 231 Å². The van der Waals surface area contributed by atoms with Gasteiger partial charge < -0.3 is 31.3 Å². The summed E-state index contributed by atoms with van der Waals surface area (Å²) in [6.07, 6.45) is -1.17. The van der Waals surface area contributed by atoms with Gasteiger partial charge in [0.1, 0.15) is 5.75 Å². The molecule has 3 amide bonds. The molecule has 0 spiro atoms. The Balaban J connectivity index is 0.992. The summed E-state index contributed by atoms with van der Waals surface area (Å²) in [6, 6.07) is 31.9. The Morgan fingerprint density at radius 2 is 1.70 bits per heavy atom. The molecule has 8 N–H and O–H groups in total. The molecule has 0 aliphatic carbocycles. The van der Waals surface area contributed by atoms with E-state index in [0.29, 0.717) is 39.5 Å². The molecule has 1 aliphatic heterocycles. The minimum Gasteiger partial charge on any atom is -0.425 e. The number of ether oxygens (including phenoxy) is 1. The Labute approximate surface area is 337 Å². The number of benzene rings is 4. The number of amides is 3. The van der Waals surface area contributed by atoms with Crippen molar-refractivity contribution in [3.8, 4) is 5.75 Å². The minimum atomic E-state index is -4.07. The molecule has 0 fully saturated rings. The van der Waals surface area contributed by atoms with Crippen LogP contribution in [0.15, 0.2) is 130 Å². The molecule has 19 heteroatoms. The second kappa shape index (κ2) is 19.0. The van der Waals surface area contributed by atoms with Gasteiger partial charge in [-0.3, -0.25) is 4.79 Å². The Morgan fingerprint density at radius 1 is 0.965 bits per heavy atom. The standard InChI is InChI=1S/C38H39N11O5S3/c1-49-31-18-9-8-17-30(31)32(26-12-4-2-5-13-26)45-33(34(49)50)46-36(51)43-27-14-10-11-25(21-27)22-42-35(39)47-38-44-28(24-56-38)23-55-20-19-41-37(48-57(40,52)53)54-29-15-6-3-7-16-29/h2-18,21,24,33H,19-20,22-23H2,1H3,(H,41,48)(H2,40,52,53)(H2,43,46,51)(H3,39,42,44,47)/t33-/m0/s1. The number of nitrogens with one attached hydrogen (secondary N) is 4. The van der Waals surface area contributed by atoms with Gasteiger partial charge >= 0.3 is 12.1 Å². The number of thiazole rings is 1. The van der Waals surface area contributed by atoms with Gasteiger partial charge in [0.2, 0.25) is 6.17 Å². The summed E-state index contributed by atoms with van der Waals surface area (Å²) in [7, 11) is -2.40. The molecule has 1 aliphatic rings. The fraction of sp³-hybridized carbons (Fsp3) is 0.158. The van der Waals surface area contributed by atoms with Gasteiger partial charge in [-0.25, -0.2) is 34.6 Å². The number of nitrogens with two attached hydrogens (primary N) is 2. The van der Waals surface area contributed by atoms with E-state index < -0.39 is 22.4 Å². The quantitative estimate of drug-likeness (QED) is 0.0557. The van der Waals surface area contributed by atoms with Crippen LogP contribution in [0.25, 0.3) is 0 Å². The SMILES string of the molecule is CN1C(=O)[C@H](NC(=O)Nc2cccc(CN=C(N)Nc3nc(CSCCN=C(NS(N)(=O)=O)Oc4ccccc4)cs3)c2)N=C(c2ccccc2)c2ccccc21. The fourth-order valence-electron chi connectivity index (χ4n) is 5.43. The molecule has 294 valence electrons. The predicted molar refractivity (Wildman–Crippen MR) is 227 cm³/mol. The van der Waals surface area contributed by atoms with Crippen LogP contribution in [0.5, 0.6) is 5.75 Å². The number of fused-ring (bicyclic) bond motifs is 1. The van der Waals surface area contributed by atoms with E-state index in [-0.39, 0.29) is 31.0 Å². The molecule has 16 nitrogen and oxygen atoms in total. The fourth-order valence-corrected chi connectivity index (χ4v) is 7.33. The van der Waals surface area contributed by atoms with Crippen LogP contribution >= 0.6 is 23.1 Å². The molecule has 0 unspecified atom stereocenters. The number of guanidine groups is 1. The molecule has 4 aromatic carbocycles. The summed E-state index contributed by atoms with van der Waals surface area (Å²) in [6.45, 7) is 0.485. The maximum absolute atomic E-state index is 13.5. The number of thioether (sulfide) groups is 1. The number of rotatable bonds is 13. The Kier molecular flexibility index (Phi) is 13.5. The third-order valence-corrected chi connectivity index (χ3v) is 10.2. The van der Waals surface area contributed by atoms with Crippen LogP contribution in [0, 0.1) is 0 Å². The zero-order valence-corrected chi connectivity index (χ0v) is 33.0. The number of hydrogen-bond donors (Lipinski definition) is 6. The van der Waals surface area contributed by atoms with Crippen LogP contribution in [0.3, 0.4) is 0 Å². The van der Waals surface area contributed by atoms with Crippen LogP contribution in [-0.4, -0.2) is 68.5 Å². The first kappa shape index (κ1) is 40.4. The highest BCUT2D eigenvalue weighted by atomic mass is 32.2. The number of aromatic nitrogens is 1. The zero-order valence-electron chi connectivity index (χ0n) is 30.5. The molecule has 0 saturated carbocycles. The molecule has 1 aromatic heterocycles. The summed E-state index contributed by atoms with van der Waals surface area (Å²) in [5, 5.41) is 16.1. The van der Waals surface area contributed by atoms with Crippen LogP contribution < -0.4 is 41.2 Å². The number of urea groups is 1. The van der Waals surface area contributed by atoms with E-state index in [2.05, 4.69) is 35.6 Å². The van der Waals surface area contributed by atoms with E-state index in [1.54, 1.807) is 67.3 Å². The first-order chi connectivity index (χ1) is 27.5. The molecule has 57 heavy (non-hydrogen) atoms. The molecular formula is C38H39N11O5S3. The number of hydrogen-bond acceptors (Lipinski definition) is 11. The minimum absolute atomic E-state index is 0.159.